The van der Waals surface area contributed by atoms with Gasteiger partial charge < -0.3 is 18.9 Å². The molecule has 0 saturated carbocycles. The SMILES string of the molecule is COc1cc(C(=O)OCc2ccc(F)cc2)cc2c1OCCO2. The van der Waals surface area contributed by atoms with Gasteiger partial charge in [0.05, 0.1) is 12.7 Å². The minimum Gasteiger partial charge on any atom is -0.493 e. The summed E-state index contributed by atoms with van der Waals surface area (Å²) in [5.41, 5.74) is 0.998. The van der Waals surface area contributed by atoms with Gasteiger partial charge in [0.1, 0.15) is 25.6 Å². The number of hydrogen-bond acceptors (Lipinski definition) is 5. The lowest BCUT2D eigenvalue weighted by Gasteiger charge is -2.21. The zero-order valence-electron chi connectivity index (χ0n) is 12.5. The first-order valence-corrected chi connectivity index (χ1v) is 7.06. The van der Waals surface area contributed by atoms with Gasteiger partial charge >= 0.3 is 5.97 Å². The summed E-state index contributed by atoms with van der Waals surface area (Å²) >= 11 is 0. The van der Waals surface area contributed by atoms with Gasteiger partial charge in [0.15, 0.2) is 11.5 Å². The molecule has 120 valence electrons. The van der Waals surface area contributed by atoms with Crippen LogP contribution in [-0.2, 0) is 11.3 Å². The van der Waals surface area contributed by atoms with Crippen molar-refractivity contribution >= 4 is 5.97 Å². The Morgan fingerprint density at radius 1 is 1.17 bits per heavy atom. The van der Waals surface area contributed by atoms with Crippen LogP contribution >= 0.6 is 0 Å². The van der Waals surface area contributed by atoms with Crippen LogP contribution in [0, 0.1) is 5.82 Å². The Kier molecular flexibility index (Phi) is 4.32. The predicted octanol–water partition coefficient (Wildman–Crippen LogP) is 2.96. The fourth-order valence-electron chi connectivity index (χ4n) is 2.20. The minimum absolute atomic E-state index is 0.0515. The van der Waals surface area contributed by atoms with E-state index in [0.717, 1.165) is 0 Å². The van der Waals surface area contributed by atoms with Crippen molar-refractivity contribution in [2.24, 2.45) is 0 Å². The number of benzene rings is 2. The molecule has 2 aromatic carbocycles. The lowest BCUT2D eigenvalue weighted by atomic mass is 10.1. The molecular formula is C17H15FO5. The maximum Gasteiger partial charge on any atom is 0.338 e. The summed E-state index contributed by atoms with van der Waals surface area (Å²) in [7, 11) is 1.49. The largest absolute Gasteiger partial charge is 0.493 e. The van der Waals surface area contributed by atoms with E-state index in [9.17, 15) is 9.18 Å². The van der Waals surface area contributed by atoms with Crippen LogP contribution < -0.4 is 14.2 Å². The van der Waals surface area contributed by atoms with Gasteiger partial charge in [0.25, 0.3) is 0 Å². The van der Waals surface area contributed by atoms with Gasteiger partial charge in [-0.15, -0.1) is 0 Å². The number of ether oxygens (including phenoxy) is 4. The number of hydrogen-bond donors (Lipinski definition) is 0. The van der Waals surface area contributed by atoms with Gasteiger partial charge in [-0.3, -0.25) is 0 Å². The smallest absolute Gasteiger partial charge is 0.338 e. The van der Waals surface area contributed by atoms with Crippen LogP contribution in [0.3, 0.4) is 0 Å². The molecule has 3 rings (SSSR count). The molecule has 0 radical (unpaired) electrons. The minimum atomic E-state index is -0.524. The van der Waals surface area contributed by atoms with E-state index >= 15 is 0 Å². The number of esters is 1. The third kappa shape index (κ3) is 3.36. The maximum absolute atomic E-state index is 12.8. The number of fused-ring (bicyclic) bond motifs is 1. The summed E-state index contributed by atoms with van der Waals surface area (Å²) < 4.78 is 34.3. The molecule has 0 aromatic heterocycles. The van der Waals surface area contributed by atoms with Crippen molar-refractivity contribution in [1.29, 1.82) is 0 Å². The second-order valence-electron chi connectivity index (χ2n) is 4.91. The van der Waals surface area contributed by atoms with Crippen LogP contribution in [0.2, 0.25) is 0 Å². The summed E-state index contributed by atoms with van der Waals surface area (Å²) in [5.74, 6) is 0.482. The Labute approximate surface area is 132 Å². The normalized spacial score (nSPS) is 12.6. The van der Waals surface area contributed by atoms with Crippen molar-refractivity contribution in [2.45, 2.75) is 6.61 Å². The van der Waals surface area contributed by atoms with E-state index in [4.69, 9.17) is 18.9 Å². The summed E-state index contributed by atoms with van der Waals surface area (Å²) in [6.45, 7) is 0.887. The van der Waals surface area contributed by atoms with Gasteiger partial charge in [-0.05, 0) is 29.8 Å². The molecule has 0 unspecified atom stereocenters. The number of carbonyl (C=O) groups excluding carboxylic acids is 1. The molecule has 23 heavy (non-hydrogen) atoms. The summed E-state index contributed by atoms with van der Waals surface area (Å²) in [6.07, 6.45) is 0. The standard InChI is InChI=1S/C17H15FO5/c1-20-14-8-12(9-15-16(14)22-7-6-21-15)17(19)23-10-11-2-4-13(18)5-3-11/h2-5,8-9H,6-7,10H2,1H3. The summed E-state index contributed by atoms with van der Waals surface area (Å²) in [6, 6.07) is 8.86. The topological polar surface area (TPSA) is 54.0 Å². The zero-order chi connectivity index (χ0) is 16.2. The van der Waals surface area contributed by atoms with Crippen molar-refractivity contribution in [1.82, 2.24) is 0 Å². The lowest BCUT2D eigenvalue weighted by Crippen LogP contribution is -2.17. The Bertz CT molecular complexity index is 694. The van der Waals surface area contributed by atoms with Crippen LogP contribution in [0.25, 0.3) is 0 Å². The lowest BCUT2D eigenvalue weighted by molar-refractivity contribution is 0.0471. The van der Waals surface area contributed by atoms with Crippen molar-refractivity contribution in [3.8, 4) is 17.2 Å². The number of halogens is 1. The first kappa shape index (κ1) is 15.1. The molecular weight excluding hydrogens is 303 g/mol. The van der Waals surface area contributed by atoms with Gasteiger partial charge in [-0.2, -0.15) is 0 Å². The van der Waals surface area contributed by atoms with E-state index < -0.39 is 5.97 Å². The van der Waals surface area contributed by atoms with Crippen LogP contribution in [0.5, 0.6) is 17.2 Å². The van der Waals surface area contributed by atoms with Crippen LogP contribution in [-0.4, -0.2) is 26.3 Å². The zero-order valence-corrected chi connectivity index (χ0v) is 12.5. The Balaban J connectivity index is 1.75. The van der Waals surface area contributed by atoms with E-state index in [1.54, 1.807) is 24.3 Å². The van der Waals surface area contributed by atoms with E-state index in [2.05, 4.69) is 0 Å². The molecule has 0 fully saturated rings. The molecule has 0 N–H and O–H groups in total. The van der Waals surface area contributed by atoms with E-state index in [-0.39, 0.29) is 12.4 Å². The Morgan fingerprint density at radius 2 is 1.91 bits per heavy atom. The third-order valence-electron chi connectivity index (χ3n) is 3.35. The summed E-state index contributed by atoms with van der Waals surface area (Å²) in [4.78, 5) is 12.2. The van der Waals surface area contributed by atoms with Crippen molar-refractivity contribution in [3.63, 3.8) is 0 Å². The predicted molar refractivity (Wildman–Crippen MR) is 79.5 cm³/mol. The molecule has 1 aliphatic heterocycles. The molecule has 1 heterocycles. The highest BCUT2D eigenvalue weighted by Crippen LogP contribution is 2.40. The van der Waals surface area contributed by atoms with Gasteiger partial charge in [-0.1, -0.05) is 12.1 Å². The molecule has 0 spiro atoms. The quantitative estimate of drug-likeness (QED) is 0.811. The van der Waals surface area contributed by atoms with Crippen LogP contribution in [0.1, 0.15) is 15.9 Å². The molecule has 5 nitrogen and oxygen atoms in total. The second kappa shape index (κ2) is 6.56. The summed E-state index contributed by atoms with van der Waals surface area (Å²) in [5, 5.41) is 0. The average Bonchev–Trinajstić information content (AvgIpc) is 2.60. The number of carbonyl (C=O) groups is 1. The Hall–Kier alpha value is -2.76. The van der Waals surface area contributed by atoms with Gasteiger partial charge in [-0.25, -0.2) is 9.18 Å². The average molecular weight is 318 g/mol. The van der Waals surface area contributed by atoms with E-state index in [1.807, 2.05) is 0 Å². The number of rotatable bonds is 4. The molecule has 0 amide bonds. The van der Waals surface area contributed by atoms with Crippen molar-refractivity contribution in [2.75, 3.05) is 20.3 Å². The molecule has 0 saturated heterocycles. The highest BCUT2D eigenvalue weighted by molar-refractivity contribution is 5.91. The molecule has 6 heteroatoms. The van der Waals surface area contributed by atoms with Gasteiger partial charge in [0, 0.05) is 0 Å². The molecule has 1 aliphatic rings. The molecule has 0 atom stereocenters. The monoisotopic (exact) mass is 318 g/mol. The fourth-order valence-corrected chi connectivity index (χ4v) is 2.20. The fraction of sp³-hybridized carbons (Fsp3) is 0.235. The molecule has 0 bridgehead atoms. The van der Waals surface area contributed by atoms with Gasteiger partial charge in [0.2, 0.25) is 5.75 Å². The highest BCUT2D eigenvalue weighted by atomic mass is 19.1. The van der Waals surface area contributed by atoms with Crippen molar-refractivity contribution < 1.29 is 28.1 Å². The second-order valence-corrected chi connectivity index (χ2v) is 4.91. The Morgan fingerprint density at radius 3 is 2.65 bits per heavy atom. The highest BCUT2D eigenvalue weighted by Gasteiger charge is 2.21. The van der Waals surface area contributed by atoms with Crippen molar-refractivity contribution in [3.05, 3.63) is 53.3 Å². The number of methoxy groups -OCH3 is 1. The van der Waals surface area contributed by atoms with E-state index in [1.165, 1.54) is 19.2 Å². The maximum atomic E-state index is 12.8. The molecule has 2 aromatic rings. The first-order valence-electron chi connectivity index (χ1n) is 7.06. The molecule has 0 aliphatic carbocycles. The third-order valence-corrected chi connectivity index (χ3v) is 3.35. The van der Waals surface area contributed by atoms with Crippen LogP contribution in [0.4, 0.5) is 4.39 Å². The van der Waals surface area contributed by atoms with Crippen LogP contribution in [0.15, 0.2) is 36.4 Å². The van der Waals surface area contributed by atoms with E-state index in [0.29, 0.717) is 41.6 Å². The first-order chi connectivity index (χ1) is 11.2.